The molecule has 0 unspecified atom stereocenters. The fourth-order valence-electron chi connectivity index (χ4n) is 10.6. The van der Waals surface area contributed by atoms with E-state index in [4.69, 9.17) is 4.74 Å². The second-order valence-corrected chi connectivity index (χ2v) is 16.9. The van der Waals surface area contributed by atoms with E-state index in [0.29, 0.717) is 0 Å². The van der Waals surface area contributed by atoms with Crippen molar-refractivity contribution in [1.82, 2.24) is 0 Å². The molecule has 284 valence electrons. The Morgan fingerprint density at radius 3 is 1.33 bits per heavy atom. The maximum atomic E-state index is 6.70. The predicted octanol–water partition coefficient (Wildman–Crippen LogP) is 15.3. The van der Waals surface area contributed by atoms with Crippen LogP contribution in [0.2, 0.25) is 0 Å². The molecule has 0 N–H and O–H groups in total. The van der Waals surface area contributed by atoms with Gasteiger partial charge in [-0.2, -0.15) is 0 Å². The van der Waals surface area contributed by atoms with Crippen molar-refractivity contribution in [3.63, 3.8) is 0 Å². The number of para-hydroxylation sites is 2. The van der Waals surface area contributed by atoms with Crippen LogP contribution in [0.4, 0.5) is 17.1 Å². The van der Waals surface area contributed by atoms with Crippen molar-refractivity contribution in [1.29, 1.82) is 0 Å². The standard InChI is InChI=1S/C58H41NO/c1-57(2)49-23-11-9-21-45(49)47-31-29-42(36-53(47)57)59(44-34-40(38-17-5-3-6-18-38)33-41(35-44)39-19-7-4-8-20-39)43-30-32-48-46-22-10-12-24-50(46)58(54(48)37-43)51-25-13-15-27-55(51)60-56-28-16-14-26-52(56)58/h3-37H,1-2H3. The molecule has 0 radical (unpaired) electrons. The van der Waals surface area contributed by atoms with Gasteiger partial charge in [0.2, 0.25) is 0 Å². The van der Waals surface area contributed by atoms with Gasteiger partial charge in [0.1, 0.15) is 11.5 Å². The molecule has 0 aromatic heterocycles. The number of nitrogens with zero attached hydrogens (tertiary/aromatic N) is 1. The summed E-state index contributed by atoms with van der Waals surface area (Å²) in [5, 5.41) is 0. The van der Waals surface area contributed by atoms with Gasteiger partial charge in [0.15, 0.2) is 0 Å². The van der Waals surface area contributed by atoms with Gasteiger partial charge in [-0.25, -0.2) is 0 Å². The van der Waals surface area contributed by atoms with Crippen LogP contribution in [0.1, 0.15) is 47.2 Å². The average molecular weight is 768 g/mol. The molecular formula is C58H41NO. The number of benzene rings is 9. The first-order valence-corrected chi connectivity index (χ1v) is 20.9. The molecule has 9 aromatic carbocycles. The van der Waals surface area contributed by atoms with Crippen LogP contribution < -0.4 is 9.64 Å². The van der Waals surface area contributed by atoms with E-state index >= 15 is 0 Å². The quantitative estimate of drug-likeness (QED) is 0.173. The molecule has 0 bridgehead atoms. The Kier molecular flexibility index (Phi) is 7.52. The van der Waals surface area contributed by atoms with Crippen LogP contribution in [0.25, 0.3) is 44.5 Å². The number of fused-ring (bicyclic) bond motifs is 12. The molecule has 1 aliphatic heterocycles. The largest absolute Gasteiger partial charge is 0.457 e. The number of rotatable bonds is 5. The van der Waals surface area contributed by atoms with Gasteiger partial charge >= 0.3 is 0 Å². The van der Waals surface area contributed by atoms with Crippen LogP contribution in [0.5, 0.6) is 11.5 Å². The topological polar surface area (TPSA) is 12.5 Å². The van der Waals surface area contributed by atoms with E-state index < -0.39 is 5.41 Å². The Balaban J connectivity index is 1.15. The highest BCUT2D eigenvalue weighted by molar-refractivity contribution is 5.93. The van der Waals surface area contributed by atoms with E-state index in [1.54, 1.807) is 0 Å². The minimum atomic E-state index is -0.582. The third-order valence-electron chi connectivity index (χ3n) is 13.3. The van der Waals surface area contributed by atoms with E-state index in [1.165, 1.54) is 66.8 Å². The SMILES string of the molecule is CC1(C)c2ccccc2-c2ccc(N(c3cc(-c4ccccc4)cc(-c4ccccc4)c3)c3ccc4c(c3)C3(c5ccccc5Oc5ccccc53)c3ccccc3-4)cc21. The lowest BCUT2D eigenvalue weighted by atomic mass is 9.66. The lowest BCUT2D eigenvalue weighted by Gasteiger charge is -2.39. The molecule has 0 fully saturated rings. The molecule has 1 spiro atoms. The van der Waals surface area contributed by atoms with Gasteiger partial charge in [0.05, 0.1) is 5.41 Å². The fourth-order valence-corrected chi connectivity index (χ4v) is 10.6. The van der Waals surface area contributed by atoms with Crippen molar-refractivity contribution in [3.8, 4) is 56.0 Å². The Hall–Kier alpha value is -7.42. The normalized spacial score (nSPS) is 14.2. The van der Waals surface area contributed by atoms with Crippen LogP contribution in [-0.2, 0) is 10.8 Å². The molecule has 3 aliphatic rings. The summed E-state index contributed by atoms with van der Waals surface area (Å²) in [5.74, 6) is 1.79. The molecule has 0 amide bonds. The van der Waals surface area contributed by atoms with Gasteiger partial charge in [0.25, 0.3) is 0 Å². The number of ether oxygens (including phenoxy) is 1. The third kappa shape index (κ3) is 4.94. The van der Waals surface area contributed by atoms with Crippen LogP contribution in [0.3, 0.4) is 0 Å². The highest BCUT2D eigenvalue weighted by Gasteiger charge is 2.51. The molecule has 0 saturated carbocycles. The Bertz CT molecular complexity index is 3060. The maximum Gasteiger partial charge on any atom is 0.132 e. The lowest BCUT2D eigenvalue weighted by molar-refractivity contribution is 0.436. The van der Waals surface area contributed by atoms with E-state index in [0.717, 1.165) is 39.7 Å². The van der Waals surface area contributed by atoms with Gasteiger partial charge in [-0.3, -0.25) is 0 Å². The molecule has 1 heterocycles. The van der Waals surface area contributed by atoms with Crippen molar-refractivity contribution in [2.75, 3.05) is 4.90 Å². The summed E-state index contributed by atoms with van der Waals surface area (Å²) in [5.41, 5.74) is 20.0. The smallest absolute Gasteiger partial charge is 0.132 e. The molecule has 9 aromatic rings. The van der Waals surface area contributed by atoms with Crippen LogP contribution in [-0.4, -0.2) is 0 Å². The first-order valence-electron chi connectivity index (χ1n) is 20.9. The van der Waals surface area contributed by atoms with E-state index in [1.807, 2.05) is 0 Å². The molecule has 12 rings (SSSR count). The van der Waals surface area contributed by atoms with Crippen molar-refractivity contribution < 1.29 is 4.74 Å². The van der Waals surface area contributed by atoms with Crippen molar-refractivity contribution in [3.05, 3.63) is 246 Å². The van der Waals surface area contributed by atoms with E-state index in [-0.39, 0.29) is 5.41 Å². The lowest BCUT2D eigenvalue weighted by Crippen LogP contribution is -2.32. The summed E-state index contributed by atoms with van der Waals surface area (Å²) in [6, 6.07) is 78.0. The monoisotopic (exact) mass is 767 g/mol. The van der Waals surface area contributed by atoms with Crippen LogP contribution >= 0.6 is 0 Å². The number of anilines is 3. The zero-order chi connectivity index (χ0) is 40.0. The maximum absolute atomic E-state index is 6.70. The van der Waals surface area contributed by atoms with E-state index in [2.05, 4.69) is 231 Å². The second-order valence-electron chi connectivity index (χ2n) is 16.9. The van der Waals surface area contributed by atoms with Gasteiger partial charge in [0, 0.05) is 33.6 Å². The third-order valence-corrected chi connectivity index (χ3v) is 13.3. The second kappa shape index (κ2) is 13.0. The predicted molar refractivity (Wildman–Crippen MR) is 247 cm³/mol. The minimum Gasteiger partial charge on any atom is -0.457 e. The van der Waals surface area contributed by atoms with Crippen LogP contribution in [0.15, 0.2) is 212 Å². The summed E-state index contributed by atoms with van der Waals surface area (Å²) >= 11 is 0. The zero-order valence-electron chi connectivity index (χ0n) is 33.6. The van der Waals surface area contributed by atoms with Crippen molar-refractivity contribution >= 4 is 17.1 Å². The summed E-state index contributed by atoms with van der Waals surface area (Å²) in [6.07, 6.45) is 0. The van der Waals surface area contributed by atoms with Gasteiger partial charge in [-0.1, -0.05) is 172 Å². The molecule has 0 atom stereocenters. The molecular weight excluding hydrogens is 727 g/mol. The first kappa shape index (κ1) is 34.6. The van der Waals surface area contributed by atoms with E-state index in [9.17, 15) is 0 Å². The fraction of sp³-hybridized carbons (Fsp3) is 0.0690. The Morgan fingerprint density at radius 1 is 0.317 bits per heavy atom. The van der Waals surface area contributed by atoms with Gasteiger partial charge < -0.3 is 9.64 Å². The molecule has 2 heteroatoms. The summed E-state index contributed by atoms with van der Waals surface area (Å²) in [4.78, 5) is 2.49. The molecule has 60 heavy (non-hydrogen) atoms. The number of hydrogen-bond donors (Lipinski definition) is 0. The Labute approximate surface area is 351 Å². The Morgan fingerprint density at radius 2 is 0.750 bits per heavy atom. The van der Waals surface area contributed by atoms with Crippen molar-refractivity contribution in [2.45, 2.75) is 24.7 Å². The first-order chi connectivity index (χ1) is 29.5. The molecule has 2 aliphatic carbocycles. The van der Waals surface area contributed by atoms with Crippen LogP contribution in [0, 0.1) is 0 Å². The summed E-state index contributed by atoms with van der Waals surface area (Å²) in [7, 11) is 0. The van der Waals surface area contributed by atoms with Gasteiger partial charge in [-0.05, 0) is 121 Å². The summed E-state index contributed by atoms with van der Waals surface area (Å²) in [6.45, 7) is 4.73. The molecule has 0 saturated heterocycles. The highest BCUT2D eigenvalue weighted by atomic mass is 16.5. The zero-order valence-corrected chi connectivity index (χ0v) is 33.6. The number of hydrogen-bond acceptors (Lipinski definition) is 2. The van der Waals surface area contributed by atoms with Crippen molar-refractivity contribution in [2.24, 2.45) is 0 Å². The molecule has 2 nitrogen and oxygen atoms in total. The highest BCUT2D eigenvalue weighted by Crippen LogP contribution is 2.63. The van der Waals surface area contributed by atoms with Gasteiger partial charge in [-0.15, -0.1) is 0 Å². The summed E-state index contributed by atoms with van der Waals surface area (Å²) < 4.78 is 6.70. The average Bonchev–Trinajstić information content (AvgIpc) is 3.72. The minimum absolute atomic E-state index is 0.159.